The summed E-state index contributed by atoms with van der Waals surface area (Å²) in [5.74, 6) is -1.13. The molecule has 3 atom stereocenters. The number of aryl methyl sites for hydroxylation is 1. The first-order valence-corrected chi connectivity index (χ1v) is 10.2. The summed E-state index contributed by atoms with van der Waals surface area (Å²) < 4.78 is 6.80. The van der Waals surface area contributed by atoms with Gasteiger partial charge < -0.3 is 14.5 Å². The molecule has 0 radical (unpaired) electrons. The molecule has 0 unspecified atom stereocenters. The topological polar surface area (TPSA) is 84.7 Å². The van der Waals surface area contributed by atoms with E-state index in [1.807, 2.05) is 44.2 Å². The number of ether oxygens (including phenoxy) is 1. The molecular formula is C22H26N4O4. The van der Waals surface area contributed by atoms with E-state index in [4.69, 9.17) is 4.74 Å². The summed E-state index contributed by atoms with van der Waals surface area (Å²) in [6, 6.07) is 8.95. The minimum absolute atomic E-state index is 0.0106. The van der Waals surface area contributed by atoms with Crippen LogP contribution in [0.15, 0.2) is 36.5 Å². The number of fused-ring (bicyclic) bond motifs is 1. The number of esters is 1. The summed E-state index contributed by atoms with van der Waals surface area (Å²) in [6.07, 6.45) is 2.03. The predicted molar refractivity (Wildman–Crippen MR) is 108 cm³/mol. The Morgan fingerprint density at radius 3 is 2.60 bits per heavy atom. The van der Waals surface area contributed by atoms with Gasteiger partial charge in [0.1, 0.15) is 6.54 Å². The Kier molecular flexibility index (Phi) is 5.32. The largest absolute Gasteiger partial charge is 0.469 e. The van der Waals surface area contributed by atoms with Crippen molar-refractivity contribution >= 4 is 17.8 Å². The van der Waals surface area contributed by atoms with E-state index in [1.54, 1.807) is 20.7 Å². The number of nitrogens with zero attached hydrogens (tertiary/aromatic N) is 4. The van der Waals surface area contributed by atoms with Crippen LogP contribution in [0, 0.1) is 12.8 Å². The van der Waals surface area contributed by atoms with Crippen molar-refractivity contribution in [3.8, 4) is 0 Å². The Morgan fingerprint density at radius 2 is 1.97 bits per heavy atom. The van der Waals surface area contributed by atoms with Crippen molar-refractivity contribution in [2.24, 2.45) is 5.92 Å². The number of amides is 2. The summed E-state index contributed by atoms with van der Waals surface area (Å²) >= 11 is 0. The normalized spacial score (nSPS) is 23.4. The van der Waals surface area contributed by atoms with Crippen molar-refractivity contribution in [1.29, 1.82) is 0 Å². The molecule has 2 amide bonds. The lowest BCUT2D eigenvalue weighted by Crippen LogP contribution is -2.56. The molecule has 8 heteroatoms. The highest BCUT2D eigenvalue weighted by Crippen LogP contribution is 2.43. The van der Waals surface area contributed by atoms with Crippen molar-refractivity contribution in [1.82, 2.24) is 19.6 Å². The zero-order valence-electron chi connectivity index (χ0n) is 17.4. The number of carbonyl (C=O) groups is 3. The Bertz CT molecular complexity index is 971. The minimum Gasteiger partial charge on any atom is -0.469 e. The third-order valence-electron chi connectivity index (χ3n) is 6.21. The molecule has 0 aliphatic carbocycles. The molecule has 1 aromatic carbocycles. The monoisotopic (exact) mass is 410 g/mol. The van der Waals surface area contributed by atoms with Crippen LogP contribution in [0.2, 0.25) is 0 Å². The van der Waals surface area contributed by atoms with Crippen LogP contribution in [0.5, 0.6) is 0 Å². The number of hydrogen-bond donors (Lipinski definition) is 0. The molecule has 3 heterocycles. The Labute approximate surface area is 175 Å². The summed E-state index contributed by atoms with van der Waals surface area (Å²) in [4.78, 5) is 42.2. The van der Waals surface area contributed by atoms with E-state index in [0.29, 0.717) is 25.1 Å². The lowest BCUT2D eigenvalue weighted by Gasteiger charge is -2.40. The third-order valence-corrected chi connectivity index (χ3v) is 6.21. The molecule has 2 fully saturated rings. The van der Waals surface area contributed by atoms with Crippen LogP contribution in [0.1, 0.15) is 41.0 Å². The minimum atomic E-state index is -0.453. The molecule has 0 bridgehead atoms. The first-order valence-electron chi connectivity index (χ1n) is 10.2. The maximum atomic E-state index is 13.2. The van der Waals surface area contributed by atoms with Gasteiger partial charge in [-0.25, -0.2) is 0 Å². The van der Waals surface area contributed by atoms with E-state index in [9.17, 15) is 14.4 Å². The zero-order valence-corrected chi connectivity index (χ0v) is 17.4. The van der Waals surface area contributed by atoms with Crippen LogP contribution < -0.4 is 0 Å². The molecule has 30 heavy (non-hydrogen) atoms. The molecule has 158 valence electrons. The fraction of sp³-hybridized carbons (Fsp3) is 0.455. The van der Waals surface area contributed by atoms with E-state index in [2.05, 4.69) is 5.10 Å². The quantitative estimate of drug-likeness (QED) is 0.718. The average Bonchev–Trinajstić information content (AvgIpc) is 3.34. The van der Waals surface area contributed by atoms with Crippen LogP contribution in [0.4, 0.5) is 0 Å². The summed E-state index contributed by atoms with van der Waals surface area (Å²) in [5, 5.41) is 4.25. The maximum Gasteiger partial charge on any atom is 0.311 e. The van der Waals surface area contributed by atoms with Gasteiger partial charge in [-0.15, -0.1) is 0 Å². The van der Waals surface area contributed by atoms with Crippen molar-refractivity contribution in [2.45, 2.75) is 38.9 Å². The molecule has 8 nitrogen and oxygen atoms in total. The maximum absolute atomic E-state index is 13.2. The van der Waals surface area contributed by atoms with Crippen LogP contribution >= 0.6 is 0 Å². The molecule has 2 saturated heterocycles. The number of carbonyl (C=O) groups excluding carboxylic acids is 3. The van der Waals surface area contributed by atoms with E-state index < -0.39 is 5.92 Å². The average molecular weight is 410 g/mol. The number of piperazine rings is 1. The number of methoxy groups -OCH3 is 1. The smallest absolute Gasteiger partial charge is 0.311 e. The highest BCUT2D eigenvalue weighted by molar-refractivity contribution is 5.98. The molecule has 0 N–H and O–H groups in total. The highest BCUT2D eigenvalue weighted by Gasteiger charge is 2.51. The highest BCUT2D eigenvalue weighted by atomic mass is 16.5. The van der Waals surface area contributed by atoms with Crippen molar-refractivity contribution in [2.75, 3.05) is 20.2 Å². The lowest BCUT2D eigenvalue weighted by molar-refractivity contribution is -0.147. The SMILES string of the molecule is CCn1ncc(C(=O)N2CC(=O)N3[C@@H](C[C@H](C(=O)OC)[C@@H]3c3ccccc3)C2)c1C. The Morgan fingerprint density at radius 1 is 1.23 bits per heavy atom. The predicted octanol–water partition coefficient (Wildman–Crippen LogP) is 1.80. The summed E-state index contributed by atoms with van der Waals surface area (Å²) in [6.45, 7) is 4.87. The molecule has 4 rings (SSSR count). The van der Waals surface area contributed by atoms with Crippen LogP contribution in [0.25, 0.3) is 0 Å². The van der Waals surface area contributed by atoms with Gasteiger partial charge in [0, 0.05) is 18.8 Å². The fourth-order valence-electron chi connectivity index (χ4n) is 4.76. The van der Waals surface area contributed by atoms with Crippen LogP contribution in [-0.2, 0) is 20.9 Å². The molecule has 0 saturated carbocycles. The van der Waals surface area contributed by atoms with Crippen molar-refractivity contribution in [3.63, 3.8) is 0 Å². The Hall–Kier alpha value is -3.16. The number of benzene rings is 1. The van der Waals surface area contributed by atoms with Crippen LogP contribution in [0.3, 0.4) is 0 Å². The molecule has 2 aliphatic heterocycles. The van der Waals surface area contributed by atoms with E-state index >= 15 is 0 Å². The molecule has 2 aliphatic rings. The second-order valence-corrected chi connectivity index (χ2v) is 7.82. The second-order valence-electron chi connectivity index (χ2n) is 7.82. The molecule has 0 spiro atoms. The van der Waals surface area contributed by atoms with Gasteiger partial charge in [-0.2, -0.15) is 5.10 Å². The van der Waals surface area contributed by atoms with Gasteiger partial charge in [0.2, 0.25) is 5.91 Å². The zero-order chi connectivity index (χ0) is 21.4. The van der Waals surface area contributed by atoms with E-state index in [1.165, 1.54) is 7.11 Å². The van der Waals surface area contributed by atoms with Gasteiger partial charge in [0.15, 0.2) is 0 Å². The van der Waals surface area contributed by atoms with Gasteiger partial charge in [-0.1, -0.05) is 30.3 Å². The van der Waals surface area contributed by atoms with Gasteiger partial charge in [-0.05, 0) is 25.8 Å². The first-order chi connectivity index (χ1) is 14.5. The number of aromatic nitrogens is 2. The van der Waals surface area contributed by atoms with Crippen LogP contribution in [-0.4, -0.2) is 63.6 Å². The van der Waals surface area contributed by atoms with Gasteiger partial charge in [0.05, 0.1) is 36.9 Å². The molecule has 1 aromatic heterocycles. The Balaban J connectivity index is 1.62. The van der Waals surface area contributed by atoms with Gasteiger partial charge in [0.25, 0.3) is 5.91 Å². The standard InChI is InChI=1S/C22H26N4O4/c1-4-25-14(2)18(11-23-25)21(28)24-12-16-10-17(22(29)30-3)20(26(16)19(27)13-24)15-8-6-5-7-9-15/h5-9,11,16-17,20H,4,10,12-13H2,1-3H3/t16-,17-,20-/m0/s1. The number of hydrogen-bond acceptors (Lipinski definition) is 5. The summed E-state index contributed by atoms with van der Waals surface area (Å²) in [5.41, 5.74) is 2.21. The van der Waals surface area contributed by atoms with E-state index in [0.717, 1.165) is 11.3 Å². The lowest BCUT2D eigenvalue weighted by atomic mass is 9.93. The third kappa shape index (κ3) is 3.26. The number of rotatable bonds is 4. The fourth-order valence-corrected chi connectivity index (χ4v) is 4.76. The summed E-state index contributed by atoms with van der Waals surface area (Å²) in [7, 11) is 1.37. The van der Waals surface area contributed by atoms with Crippen molar-refractivity contribution < 1.29 is 19.1 Å². The van der Waals surface area contributed by atoms with E-state index in [-0.39, 0.29) is 36.4 Å². The first kappa shape index (κ1) is 20.1. The molecular weight excluding hydrogens is 384 g/mol. The van der Waals surface area contributed by atoms with Gasteiger partial charge in [-0.3, -0.25) is 19.1 Å². The van der Waals surface area contributed by atoms with Crippen molar-refractivity contribution in [3.05, 3.63) is 53.3 Å². The molecule has 2 aromatic rings. The second kappa shape index (κ2) is 7.93. The van der Waals surface area contributed by atoms with Gasteiger partial charge >= 0.3 is 5.97 Å².